The number of ether oxygens (including phenoxy) is 2. The second-order valence-corrected chi connectivity index (χ2v) is 3.45. The molecule has 0 aliphatic carbocycles. The molecule has 70 valence electrons. The molecule has 0 saturated heterocycles. The van der Waals surface area contributed by atoms with Crippen molar-refractivity contribution in [2.75, 3.05) is 6.61 Å². The van der Waals surface area contributed by atoms with Crippen molar-refractivity contribution in [3.05, 3.63) is 23.8 Å². The van der Waals surface area contributed by atoms with E-state index in [0.717, 1.165) is 5.56 Å². The Bertz CT molecular complexity index is 335. The lowest BCUT2D eigenvalue weighted by molar-refractivity contribution is -0.0987. The molecular formula is C10H12O3. The fourth-order valence-electron chi connectivity index (χ4n) is 1.33. The zero-order valence-corrected chi connectivity index (χ0v) is 7.70. The van der Waals surface area contributed by atoms with Crippen LogP contribution in [0.25, 0.3) is 0 Å². The predicted molar refractivity (Wildman–Crippen MR) is 47.9 cm³/mol. The van der Waals surface area contributed by atoms with Crippen molar-refractivity contribution in [2.45, 2.75) is 19.6 Å². The van der Waals surface area contributed by atoms with Gasteiger partial charge in [0.15, 0.2) is 11.5 Å². The van der Waals surface area contributed by atoms with E-state index in [2.05, 4.69) is 0 Å². The van der Waals surface area contributed by atoms with Crippen molar-refractivity contribution < 1.29 is 14.6 Å². The third-order valence-corrected chi connectivity index (χ3v) is 2.04. The zero-order chi connectivity index (χ0) is 9.47. The Labute approximate surface area is 76.9 Å². The van der Waals surface area contributed by atoms with Crippen molar-refractivity contribution in [1.82, 2.24) is 0 Å². The van der Waals surface area contributed by atoms with Gasteiger partial charge in [-0.1, -0.05) is 6.07 Å². The molecule has 1 aliphatic heterocycles. The van der Waals surface area contributed by atoms with Crippen molar-refractivity contribution in [1.29, 1.82) is 0 Å². The van der Waals surface area contributed by atoms with Gasteiger partial charge in [0.25, 0.3) is 5.79 Å². The summed E-state index contributed by atoms with van der Waals surface area (Å²) in [6.07, 6.45) is 0. The Kier molecular flexibility index (Phi) is 1.70. The van der Waals surface area contributed by atoms with E-state index in [1.54, 1.807) is 6.92 Å². The molecule has 0 spiro atoms. The normalized spacial score (nSPS) is 24.8. The monoisotopic (exact) mass is 180 g/mol. The van der Waals surface area contributed by atoms with Crippen molar-refractivity contribution in [3.63, 3.8) is 0 Å². The molecule has 0 saturated carbocycles. The largest absolute Gasteiger partial charge is 0.446 e. The number of fused-ring (bicyclic) bond motifs is 1. The van der Waals surface area contributed by atoms with Crippen LogP contribution in [0.3, 0.4) is 0 Å². The van der Waals surface area contributed by atoms with Gasteiger partial charge in [-0.25, -0.2) is 0 Å². The molecule has 0 amide bonds. The molecule has 1 aliphatic rings. The highest BCUT2D eigenvalue weighted by atomic mass is 16.7. The predicted octanol–water partition coefficient (Wildman–Crippen LogP) is 1.47. The Morgan fingerprint density at radius 1 is 1.31 bits per heavy atom. The maximum atomic E-state index is 9.02. The molecule has 1 aromatic rings. The average Bonchev–Trinajstić information content (AvgIpc) is 2.42. The molecule has 2 rings (SSSR count). The van der Waals surface area contributed by atoms with Crippen molar-refractivity contribution >= 4 is 0 Å². The van der Waals surface area contributed by atoms with E-state index in [1.807, 2.05) is 25.1 Å². The third-order valence-electron chi connectivity index (χ3n) is 2.04. The van der Waals surface area contributed by atoms with E-state index in [1.165, 1.54) is 0 Å². The second kappa shape index (κ2) is 2.64. The van der Waals surface area contributed by atoms with Crippen LogP contribution in [0.1, 0.15) is 12.5 Å². The molecule has 0 aromatic heterocycles. The minimum Gasteiger partial charge on any atom is -0.446 e. The standard InChI is InChI=1S/C10H12O3/c1-7-3-4-8-9(5-7)13-10(2,6-11)12-8/h3-5,11H,6H2,1-2H3. The number of aliphatic hydroxyl groups excluding tert-OH is 1. The van der Waals surface area contributed by atoms with Crippen LogP contribution in [0.4, 0.5) is 0 Å². The average molecular weight is 180 g/mol. The van der Waals surface area contributed by atoms with Gasteiger partial charge in [-0.05, 0) is 24.6 Å². The first-order valence-electron chi connectivity index (χ1n) is 4.22. The summed E-state index contributed by atoms with van der Waals surface area (Å²) in [5.74, 6) is 0.495. The third kappa shape index (κ3) is 1.35. The number of benzene rings is 1. The number of hydrogen-bond acceptors (Lipinski definition) is 3. The minimum atomic E-state index is -0.907. The molecule has 1 N–H and O–H groups in total. The van der Waals surface area contributed by atoms with E-state index in [9.17, 15) is 0 Å². The molecule has 13 heavy (non-hydrogen) atoms. The molecule has 0 radical (unpaired) electrons. The molecule has 1 aromatic carbocycles. The van der Waals surface area contributed by atoms with Gasteiger partial charge in [-0.15, -0.1) is 0 Å². The Hall–Kier alpha value is -1.22. The fraction of sp³-hybridized carbons (Fsp3) is 0.400. The molecule has 1 atom stereocenters. The van der Waals surface area contributed by atoms with E-state index in [-0.39, 0.29) is 6.61 Å². The van der Waals surface area contributed by atoms with Crippen LogP contribution in [0.2, 0.25) is 0 Å². The number of aryl methyl sites for hydroxylation is 1. The summed E-state index contributed by atoms with van der Waals surface area (Å²) < 4.78 is 10.9. The maximum Gasteiger partial charge on any atom is 0.271 e. The van der Waals surface area contributed by atoms with E-state index in [0.29, 0.717) is 11.5 Å². The lowest BCUT2D eigenvalue weighted by Crippen LogP contribution is -2.38. The Morgan fingerprint density at radius 2 is 2.00 bits per heavy atom. The molecule has 3 nitrogen and oxygen atoms in total. The van der Waals surface area contributed by atoms with Gasteiger partial charge in [-0.2, -0.15) is 0 Å². The number of rotatable bonds is 1. The van der Waals surface area contributed by atoms with E-state index < -0.39 is 5.79 Å². The lowest BCUT2D eigenvalue weighted by atomic mass is 10.2. The van der Waals surface area contributed by atoms with Gasteiger partial charge in [-0.3, -0.25) is 0 Å². The summed E-state index contributed by atoms with van der Waals surface area (Å²) in [5.41, 5.74) is 1.12. The maximum absolute atomic E-state index is 9.02. The van der Waals surface area contributed by atoms with Crippen molar-refractivity contribution in [2.24, 2.45) is 0 Å². The van der Waals surface area contributed by atoms with Crippen LogP contribution in [0, 0.1) is 6.92 Å². The molecule has 1 heterocycles. The van der Waals surface area contributed by atoms with Crippen LogP contribution in [-0.4, -0.2) is 17.5 Å². The molecule has 0 fully saturated rings. The van der Waals surface area contributed by atoms with Crippen molar-refractivity contribution in [3.8, 4) is 11.5 Å². The van der Waals surface area contributed by atoms with Crippen LogP contribution in [-0.2, 0) is 0 Å². The minimum absolute atomic E-state index is 0.152. The lowest BCUT2D eigenvalue weighted by Gasteiger charge is -2.19. The van der Waals surface area contributed by atoms with Gasteiger partial charge < -0.3 is 14.6 Å². The topological polar surface area (TPSA) is 38.7 Å². The summed E-state index contributed by atoms with van der Waals surface area (Å²) in [4.78, 5) is 0. The van der Waals surface area contributed by atoms with Gasteiger partial charge in [0, 0.05) is 6.92 Å². The SMILES string of the molecule is Cc1ccc2c(c1)OC(C)(CO)O2. The van der Waals surface area contributed by atoms with Crippen LogP contribution < -0.4 is 9.47 Å². The highest BCUT2D eigenvalue weighted by Crippen LogP contribution is 2.39. The smallest absolute Gasteiger partial charge is 0.271 e. The van der Waals surface area contributed by atoms with E-state index in [4.69, 9.17) is 14.6 Å². The highest BCUT2D eigenvalue weighted by Gasteiger charge is 2.35. The molecule has 3 heteroatoms. The quantitative estimate of drug-likeness (QED) is 0.711. The Balaban J connectivity index is 2.35. The molecule has 0 bridgehead atoms. The summed E-state index contributed by atoms with van der Waals surface area (Å²) in [7, 11) is 0. The summed E-state index contributed by atoms with van der Waals surface area (Å²) in [5, 5.41) is 9.02. The number of aliphatic hydroxyl groups is 1. The van der Waals surface area contributed by atoms with Gasteiger partial charge in [0.1, 0.15) is 6.61 Å². The summed E-state index contributed by atoms with van der Waals surface area (Å²) >= 11 is 0. The second-order valence-electron chi connectivity index (χ2n) is 3.45. The first kappa shape index (κ1) is 8.38. The summed E-state index contributed by atoms with van der Waals surface area (Å²) in [6.45, 7) is 3.54. The molecule has 1 unspecified atom stereocenters. The van der Waals surface area contributed by atoms with E-state index >= 15 is 0 Å². The van der Waals surface area contributed by atoms with Gasteiger partial charge >= 0.3 is 0 Å². The van der Waals surface area contributed by atoms with Gasteiger partial charge in [0.2, 0.25) is 0 Å². The fourth-order valence-corrected chi connectivity index (χ4v) is 1.33. The van der Waals surface area contributed by atoms with Crippen LogP contribution in [0.5, 0.6) is 11.5 Å². The number of hydrogen-bond donors (Lipinski definition) is 1. The zero-order valence-electron chi connectivity index (χ0n) is 7.70. The molecular weight excluding hydrogens is 168 g/mol. The first-order chi connectivity index (χ1) is 6.13. The Morgan fingerprint density at radius 3 is 2.69 bits per heavy atom. The van der Waals surface area contributed by atoms with Crippen LogP contribution in [0.15, 0.2) is 18.2 Å². The first-order valence-corrected chi connectivity index (χ1v) is 4.22. The van der Waals surface area contributed by atoms with Gasteiger partial charge in [0.05, 0.1) is 0 Å². The van der Waals surface area contributed by atoms with Crippen LogP contribution >= 0.6 is 0 Å². The summed E-state index contributed by atoms with van der Waals surface area (Å²) in [6, 6.07) is 5.70. The highest BCUT2D eigenvalue weighted by molar-refractivity contribution is 5.45.